The molecule has 0 saturated heterocycles. The van der Waals surface area contributed by atoms with E-state index in [0.29, 0.717) is 25.5 Å². The highest BCUT2D eigenvalue weighted by atomic mass is 16.5. The molecule has 3 rings (SSSR count). The summed E-state index contributed by atoms with van der Waals surface area (Å²) in [6.07, 6.45) is 2.40. The number of ether oxygens (including phenoxy) is 2. The topological polar surface area (TPSA) is 67.0 Å². The van der Waals surface area contributed by atoms with E-state index in [9.17, 15) is 0 Å². The molecular weight excluding hydrogens is 342 g/mol. The molecule has 27 heavy (non-hydrogen) atoms. The smallest absolute Gasteiger partial charge is 0.188 e. The standard InChI is InChI=1S/C20H27N5O2/c1-20(2,3)15-6-8-16(9-7-15)27-14-17-22-18(11-13-26-5)25(23-17)19-10-12-21-24(19)4/h6-10,12H,11,13-14H2,1-5H3. The summed E-state index contributed by atoms with van der Waals surface area (Å²) < 4.78 is 14.6. The molecule has 0 N–H and O–H groups in total. The zero-order valence-electron chi connectivity index (χ0n) is 16.6. The summed E-state index contributed by atoms with van der Waals surface area (Å²) >= 11 is 0. The number of aromatic nitrogens is 5. The van der Waals surface area contributed by atoms with Crippen LogP contribution in [0.25, 0.3) is 5.82 Å². The molecule has 0 aliphatic carbocycles. The van der Waals surface area contributed by atoms with Crippen LogP contribution >= 0.6 is 0 Å². The van der Waals surface area contributed by atoms with Gasteiger partial charge in [-0.25, -0.2) is 4.98 Å². The fourth-order valence-electron chi connectivity index (χ4n) is 2.77. The third kappa shape index (κ3) is 4.54. The third-order valence-electron chi connectivity index (χ3n) is 4.35. The maximum Gasteiger partial charge on any atom is 0.188 e. The Morgan fingerprint density at radius 1 is 1.07 bits per heavy atom. The largest absolute Gasteiger partial charge is 0.486 e. The van der Waals surface area contributed by atoms with Gasteiger partial charge in [0.25, 0.3) is 0 Å². The van der Waals surface area contributed by atoms with Crippen molar-refractivity contribution in [2.24, 2.45) is 7.05 Å². The maximum atomic E-state index is 5.89. The van der Waals surface area contributed by atoms with Gasteiger partial charge in [0, 0.05) is 26.6 Å². The van der Waals surface area contributed by atoms with Crippen LogP contribution in [0.5, 0.6) is 5.75 Å². The molecule has 2 aromatic heterocycles. The van der Waals surface area contributed by atoms with Crippen molar-refractivity contribution in [2.75, 3.05) is 13.7 Å². The highest BCUT2D eigenvalue weighted by Crippen LogP contribution is 2.24. The lowest BCUT2D eigenvalue weighted by molar-refractivity contribution is 0.200. The molecule has 0 aliphatic heterocycles. The minimum Gasteiger partial charge on any atom is -0.486 e. The number of aryl methyl sites for hydroxylation is 1. The summed E-state index contributed by atoms with van der Waals surface area (Å²) in [4.78, 5) is 4.62. The molecule has 0 bridgehead atoms. The summed E-state index contributed by atoms with van der Waals surface area (Å²) in [5, 5.41) is 8.81. The Kier molecular flexibility index (Phi) is 5.60. The third-order valence-corrected chi connectivity index (χ3v) is 4.35. The van der Waals surface area contributed by atoms with Crippen molar-refractivity contribution in [1.29, 1.82) is 0 Å². The van der Waals surface area contributed by atoms with Gasteiger partial charge < -0.3 is 9.47 Å². The van der Waals surface area contributed by atoms with Crippen molar-refractivity contribution in [3.05, 3.63) is 53.7 Å². The van der Waals surface area contributed by atoms with E-state index in [1.807, 2.05) is 25.2 Å². The van der Waals surface area contributed by atoms with Crippen LogP contribution < -0.4 is 4.74 Å². The monoisotopic (exact) mass is 369 g/mol. The molecule has 0 spiro atoms. The van der Waals surface area contributed by atoms with Crippen LogP contribution in [0.15, 0.2) is 36.5 Å². The summed E-state index contributed by atoms with van der Waals surface area (Å²) in [5.74, 6) is 3.11. The number of hydrogen-bond donors (Lipinski definition) is 0. The van der Waals surface area contributed by atoms with Gasteiger partial charge in [-0.15, -0.1) is 5.10 Å². The van der Waals surface area contributed by atoms with Crippen LogP contribution in [0, 0.1) is 0 Å². The average molecular weight is 369 g/mol. The molecule has 7 nitrogen and oxygen atoms in total. The SMILES string of the molecule is COCCc1nc(COc2ccc(C(C)(C)C)cc2)nn1-c1ccnn1C. The van der Waals surface area contributed by atoms with Crippen molar-refractivity contribution in [2.45, 2.75) is 39.2 Å². The highest BCUT2D eigenvalue weighted by molar-refractivity contribution is 5.31. The minimum atomic E-state index is 0.123. The van der Waals surface area contributed by atoms with Crippen molar-refractivity contribution in [3.8, 4) is 11.6 Å². The van der Waals surface area contributed by atoms with Gasteiger partial charge >= 0.3 is 0 Å². The molecule has 0 aliphatic rings. The second kappa shape index (κ2) is 7.92. The number of methoxy groups -OCH3 is 1. The number of hydrogen-bond acceptors (Lipinski definition) is 5. The van der Waals surface area contributed by atoms with Gasteiger partial charge in [-0.3, -0.25) is 4.68 Å². The molecule has 0 unspecified atom stereocenters. The first kappa shape index (κ1) is 19.1. The zero-order valence-corrected chi connectivity index (χ0v) is 16.6. The second-order valence-corrected chi connectivity index (χ2v) is 7.47. The van der Waals surface area contributed by atoms with Crippen LogP contribution in [0.2, 0.25) is 0 Å². The molecule has 2 heterocycles. The molecule has 0 fully saturated rings. The van der Waals surface area contributed by atoms with Crippen LogP contribution in [0.3, 0.4) is 0 Å². The number of rotatable bonds is 7. The van der Waals surface area contributed by atoms with E-state index >= 15 is 0 Å². The van der Waals surface area contributed by atoms with Crippen LogP contribution in [0.4, 0.5) is 0 Å². The fourth-order valence-corrected chi connectivity index (χ4v) is 2.77. The molecule has 0 amide bonds. The summed E-state index contributed by atoms with van der Waals surface area (Å²) in [7, 11) is 3.56. The molecule has 0 saturated carbocycles. The van der Waals surface area contributed by atoms with Crippen molar-refractivity contribution < 1.29 is 9.47 Å². The molecule has 0 atom stereocenters. The first-order valence-electron chi connectivity index (χ1n) is 9.04. The Morgan fingerprint density at radius 2 is 1.81 bits per heavy atom. The van der Waals surface area contributed by atoms with Crippen LogP contribution in [-0.4, -0.2) is 38.3 Å². The van der Waals surface area contributed by atoms with Crippen LogP contribution in [-0.2, 0) is 30.2 Å². The minimum absolute atomic E-state index is 0.123. The van der Waals surface area contributed by atoms with E-state index in [0.717, 1.165) is 17.4 Å². The summed E-state index contributed by atoms with van der Waals surface area (Å²) in [6.45, 7) is 7.46. The van der Waals surface area contributed by atoms with Gasteiger partial charge in [-0.2, -0.15) is 9.78 Å². The Labute approximate surface area is 159 Å². The molecule has 7 heteroatoms. The molecular formula is C20H27N5O2. The Balaban J connectivity index is 1.75. The molecule has 1 aromatic carbocycles. The number of benzene rings is 1. The quantitative estimate of drug-likeness (QED) is 0.640. The lowest BCUT2D eigenvalue weighted by atomic mass is 9.87. The zero-order chi connectivity index (χ0) is 19.4. The van der Waals surface area contributed by atoms with Gasteiger partial charge in [-0.05, 0) is 23.1 Å². The molecule has 3 aromatic rings. The predicted molar refractivity (Wildman–Crippen MR) is 103 cm³/mol. The van der Waals surface area contributed by atoms with Gasteiger partial charge in [0.1, 0.15) is 18.2 Å². The first-order valence-corrected chi connectivity index (χ1v) is 9.04. The van der Waals surface area contributed by atoms with E-state index in [-0.39, 0.29) is 5.41 Å². The van der Waals surface area contributed by atoms with Crippen molar-refractivity contribution in [3.63, 3.8) is 0 Å². The Bertz CT molecular complexity index is 875. The molecule has 144 valence electrons. The lowest BCUT2D eigenvalue weighted by Gasteiger charge is -2.19. The van der Waals surface area contributed by atoms with Crippen molar-refractivity contribution in [1.82, 2.24) is 24.5 Å². The Morgan fingerprint density at radius 3 is 2.41 bits per heavy atom. The van der Waals surface area contributed by atoms with Crippen LogP contribution in [0.1, 0.15) is 38.0 Å². The maximum absolute atomic E-state index is 5.89. The van der Waals surface area contributed by atoms with Gasteiger partial charge in [-0.1, -0.05) is 32.9 Å². The van der Waals surface area contributed by atoms with E-state index in [2.05, 4.69) is 48.1 Å². The van der Waals surface area contributed by atoms with E-state index < -0.39 is 0 Å². The normalized spacial score (nSPS) is 11.7. The highest BCUT2D eigenvalue weighted by Gasteiger charge is 2.15. The van der Waals surface area contributed by atoms with Gasteiger partial charge in [0.2, 0.25) is 0 Å². The average Bonchev–Trinajstić information content (AvgIpc) is 3.23. The number of nitrogens with zero attached hydrogens (tertiary/aromatic N) is 5. The predicted octanol–water partition coefficient (Wildman–Crippen LogP) is 3.07. The van der Waals surface area contributed by atoms with E-state index in [1.165, 1.54) is 5.56 Å². The lowest BCUT2D eigenvalue weighted by Crippen LogP contribution is -2.10. The van der Waals surface area contributed by atoms with Crippen molar-refractivity contribution >= 4 is 0 Å². The summed E-state index contributed by atoms with van der Waals surface area (Å²) in [6, 6.07) is 10.1. The van der Waals surface area contributed by atoms with E-state index in [1.54, 1.807) is 22.7 Å². The van der Waals surface area contributed by atoms with Gasteiger partial charge in [0.05, 0.1) is 12.8 Å². The fraction of sp³-hybridized carbons (Fsp3) is 0.450. The Hall–Kier alpha value is -2.67. The second-order valence-electron chi connectivity index (χ2n) is 7.47. The summed E-state index contributed by atoms with van der Waals surface area (Å²) in [5.41, 5.74) is 1.40. The van der Waals surface area contributed by atoms with Gasteiger partial charge in [0.15, 0.2) is 11.6 Å². The first-order chi connectivity index (χ1) is 12.9. The molecule has 0 radical (unpaired) electrons. The van der Waals surface area contributed by atoms with E-state index in [4.69, 9.17) is 9.47 Å².